The Hall–Kier alpha value is -3.19. The first-order valence-corrected chi connectivity index (χ1v) is 10.6. The molecule has 0 radical (unpaired) electrons. The van der Waals surface area contributed by atoms with Gasteiger partial charge in [-0.25, -0.2) is 0 Å². The number of rotatable bonds is 7. The zero-order valence-electron chi connectivity index (χ0n) is 18.0. The van der Waals surface area contributed by atoms with Crippen molar-refractivity contribution < 1.29 is 19.1 Å². The van der Waals surface area contributed by atoms with E-state index in [2.05, 4.69) is 10.6 Å². The highest BCUT2D eigenvalue weighted by atomic mass is 16.5. The van der Waals surface area contributed by atoms with Crippen LogP contribution in [0.25, 0.3) is 0 Å². The maximum atomic E-state index is 13.1. The van der Waals surface area contributed by atoms with Crippen LogP contribution in [0.5, 0.6) is 0 Å². The highest BCUT2D eigenvalue weighted by Crippen LogP contribution is 2.19. The SMILES string of the molecule is CC(C)CC(=O)NC(C(=O)Nc1cccc(C(=O)N2CCOCC2)c1)c1ccccc1. The maximum Gasteiger partial charge on any atom is 0.254 e. The number of ether oxygens (including phenoxy) is 1. The summed E-state index contributed by atoms with van der Waals surface area (Å²) in [6, 6.07) is 15.1. The Bertz CT molecular complexity index is 908. The average molecular weight is 424 g/mol. The van der Waals surface area contributed by atoms with Crippen LogP contribution in [0.1, 0.15) is 42.2 Å². The first-order chi connectivity index (χ1) is 14.9. The highest BCUT2D eigenvalue weighted by molar-refractivity contribution is 6.00. The van der Waals surface area contributed by atoms with Gasteiger partial charge in [-0.3, -0.25) is 14.4 Å². The molecule has 2 aromatic carbocycles. The Morgan fingerprint density at radius 3 is 2.39 bits per heavy atom. The van der Waals surface area contributed by atoms with Crippen LogP contribution in [0.15, 0.2) is 54.6 Å². The minimum absolute atomic E-state index is 0.0933. The summed E-state index contributed by atoms with van der Waals surface area (Å²) in [4.78, 5) is 39.9. The van der Waals surface area contributed by atoms with Crippen molar-refractivity contribution in [3.8, 4) is 0 Å². The molecule has 1 unspecified atom stereocenters. The van der Waals surface area contributed by atoms with Gasteiger partial charge in [0, 0.05) is 30.8 Å². The fourth-order valence-electron chi connectivity index (χ4n) is 3.43. The number of anilines is 1. The van der Waals surface area contributed by atoms with E-state index in [-0.39, 0.29) is 23.6 Å². The van der Waals surface area contributed by atoms with Gasteiger partial charge in [0.05, 0.1) is 13.2 Å². The van der Waals surface area contributed by atoms with Crippen molar-refractivity contribution in [2.24, 2.45) is 5.92 Å². The molecule has 3 amide bonds. The summed E-state index contributed by atoms with van der Waals surface area (Å²) < 4.78 is 5.30. The second-order valence-electron chi connectivity index (χ2n) is 7.98. The molecule has 164 valence electrons. The Morgan fingerprint density at radius 2 is 1.71 bits per heavy atom. The van der Waals surface area contributed by atoms with Crippen LogP contribution in [0, 0.1) is 5.92 Å². The van der Waals surface area contributed by atoms with Crippen molar-refractivity contribution in [3.05, 3.63) is 65.7 Å². The first kappa shape index (κ1) is 22.5. The van der Waals surface area contributed by atoms with E-state index in [1.54, 1.807) is 41.3 Å². The Morgan fingerprint density at radius 1 is 1.00 bits per heavy atom. The minimum Gasteiger partial charge on any atom is -0.378 e. The fourth-order valence-corrected chi connectivity index (χ4v) is 3.43. The van der Waals surface area contributed by atoms with Gasteiger partial charge in [-0.2, -0.15) is 0 Å². The molecule has 1 saturated heterocycles. The molecule has 0 bridgehead atoms. The lowest BCUT2D eigenvalue weighted by Gasteiger charge is -2.27. The Kier molecular flexibility index (Phi) is 7.78. The van der Waals surface area contributed by atoms with Gasteiger partial charge in [-0.1, -0.05) is 50.2 Å². The number of morpholine rings is 1. The first-order valence-electron chi connectivity index (χ1n) is 10.6. The third-order valence-electron chi connectivity index (χ3n) is 4.97. The molecular weight excluding hydrogens is 394 g/mol. The van der Waals surface area contributed by atoms with Gasteiger partial charge in [-0.05, 0) is 29.7 Å². The summed E-state index contributed by atoms with van der Waals surface area (Å²) in [5.41, 5.74) is 1.70. The number of hydrogen-bond donors (Lipinski definition) is 2. The van der Waals surface area contributed by atoms with Crippen molar-refractivity contribution in [2.75, 3.05) is 31.6 Å². The molecule has 0 aromatic heterocycles. The molecule has 7 nitrogen and oxygen atoms in total. The molecule has 0 spiro atoms. The molecule has 2 aromatic rings. The second-order valence-corrected chi connectivity index (χ2v) is 7.98. The van der Waals surface area contributed by atoms with E-state index in [1.165, 1.54) is 0 Å². The Labute approximate surface area is 182 Å². The largest absolute Gasteiger partial charge is 0.378 e. The number of carbonyl (C=O) groups is 3. The lowest BCUT2D eigenvalue weighted by atomic mass is 10.0. The van der Waals surface area contributed by atoms with Gasteiger partial charge in [0.2, 0.25) is 5.91 Å². The summed E-state index contributed by atoms with van der Waals surface area (Å²) in [5.74, 6) is -0.457. The van der Waals surface area contributed by atoms with Gasteiger partial charge < -0.3 is 20.3 Å². The maximum absolute atomic E-state index is 13.1. The molecule has 0 aliphatic carbocycles. The number of nitrogens with zero attached hydrogens (tertiary/aromatic N) is 1. The molecule has 2 N–H and O–H groups in total. The van der Waals surface area contributed by atoms with Crippen molar-refractivity contribution in [1.29, 1.82) is 0 Å². The molecule has 1 fully saturated rings. The van der Waals surface area contributed by atoms with Gasteiger partial charge in [0.1, 0.15) is 6.04 Å². The Balaban J connectivity index is 1.75. The topological polar surface area (TPSA) is 87.7 Å². The fraction of sp³-hybridized carbons (Fsp3) is 0.375. The van der Waals surface area contributed by atoms with E-state index < -0.39 is 6.04 Å². The third-order valence-corrected chi connectivity index (χ3v) is 4.97. The van der Waals surface area contributed by atoms with Gasteiger partial charge in [0.25, 0.3) is 11.8 Å². The highest BCUT2D eigenvalue weighted by Gasteiger charge is 2.24. The normalized spacial score (nSPS) is 14.7. The van der Waals surface area contributed by atoms with Gasteiger partial charge >= 0.3 is 0 Å². The molecule has 0 saturated carbocycles. The van der Waals surface area contributed by atoms with Crippen molar-refractivity contribution in [2.45, 2.75) is 26.3 Å². The van der Waals surface area contributed by atoms with Crippen LogP contribution < -0.4 is 10.6 Å². The lowest BCUT2D eigenvalue weighted by molar-refractivity contribution is -0.127. The molecule has 1 aliphatic rings. The minimum atomic E-state index is -0.828. The number of amides is 3. The molecular formula is C24H29N3O4. The van der Waals surface area contributed by atoms with E-state index in [0.717, 1.165) is 0 Å². The van der Waals surface area contributed by atoms with Crippen LogP contribution in [-0.4, -0.2) is 48.9 Å². The van der Waals surface area contributed by atoms with E-state index >= 15 is 0 Å². The predicted octanol–water partition coefficient (Wildman–Crippen LogP) is 3.00. The van der Waals surface area contributed by atoms with Crippen LogP contribution in [0.2, 0.25) is 0 Å². The van der Waals surface area contributed by atoms with Crippen LogP contribution in [0.4, 0.5) is 5.69 Å². The third kappa shape index (κ3) is 6.39. The van der Waals surface area contributed by atoms with Crippen molar-refractivity contribution >= 4 is 23.4 Å². The zero-order chi connectivity index (χ0) is 22.2. The van der Waals surface area contributed by atoms with Gasteiger partial charge in [0.15, 0.2) is 0 Å². The standard InChI is InChI=1S/C24H29N3O4/c1-17(2)15-21(28)26-22(18-7-4-3-5-8-18)23(29)25-20-10-6-9-19(16-20)24(30)27-11-13-31-14-12-27/h3-10,16-17,22H,11-15H2,1-2H3,(H,25,29)(H,26,28). The van der Waals surface area contributed by atoms with Crippen LogP contribution in [-0.2, 0) is 14.3 Å². The predicted molar refractivity (Wildman–Crippen MR) is 119 cm³/mol. The molecule has 7 heteroatoms. The molecule has 1 aliphatic heterocycles. The molecule has 31 heavy (non-hydrogen) atoms. The van der Waals surface area contributed by atoms with E-state index in [0.29, 0.717) is 49.5 Å². The average Bonchev–Trinajstić information content (AvgIpc) is 2.78. The summed E-state index contributed by atoms with van der Waals surface area (Å²) >= 11 is 0. The van der Waals surface area contributed by atoms with Gasteiger partial charge in [-0.15, -0.1) is 0 Å². The summed E-state index contributed by atoms with van der Waals surface area (Å²) in [6.07, 6.45) is 0.333. The smallest absolute Gasteiger partial charge is 0.254 e. The van der Waals surface area contributed by atoms with Crippen molar-refractivity contribution in [3.63, 3.8) is 0 Å². The molecule has 3 rings (SSSR count). The van der Waals surface area contributed by atoms with E-state index in [4.69, 9.17) is 4.74 Å². The second kappa shape index (κ2) is 10.7. The van der Waals surface area contributed by atoms with Crippen LogP contribution >= 0.6 is 0 Å². The molecule has 1 heterocycles. The number of benzene rings is 2. The summed E-state index contributed by atoms with van der Waals surface area (Å²) in [5, 5.41) is 5.68. The number of nitrogens with one attached hydrogen (secondary N) is 2. The zero-order valence-corrected chi connectivity index (χ0v) is 18.0. The quantitative estimate of drug-likeness (QED) is 0.717. The summed E-state index contributed by atoms with van der Waals surface area (Å²) in [6.45, 7) is 6.05. The van der Waals surface area contributed by atoms with E-state index in [9.17, 15) is 14.4 Å². The number of hydrogen-bond acceptors (Lipinski definition) is 4. The van der Waals surface area contributed by atoms with E-state index in [1.807, 2.05) is 32.0 Å². The molecule has 1 atom stereocenters. The number of carbonyl (C=O) groups excluding carboxylic acids is 3. The monoisotopic (exact) mass is 423 g/mol. The summed E-state index contributed by atoms with van der Waals surface area (Å²) in [7, 11) is 0. The lowest BCUT2D eigenvalue weighted by Crippen LogP contribution is -2.40. The van der Waals surface area contributed by atoms with Crippen molar-refractivity contribution in [1.82, 2.24) is 10.2 Å². The van der Waals surface area contributed by atoms with Crippen LogP contribution in [0.3, 0.4) is 0 Å².